The van der Waals surface area contributed by atoms with Crippen molar-refractivity contribution in [3.63, 3.8) is 0 Å². The van der Waals surface area contributed by atoms with Gasteiger partial charge in [0, 0.05) is 27.9 Å². The molecule has 2 aliphatic rings. The van der Waals surface area contributed by atoms with Gasteiger partial charge in [0.05, 0.1) is 0 Å². The van der Waals surface area contributed by atoms with Crippen LogP contribution in [0.1, 0.15) is 63.8 Å². The number of rotatable bonds is 4. The SMILES string of the molecule is CC=CC(=CC)N(c1ccc2c(c1)C(C)(C)c1ccccc1-2)c1ccc2c(c1)C(C)(C)c1ccccc1-2. The van der Waals surface area contributed by atoms with Crippen LogP contribution in [0.5, 0.6) is 0 Å². The molecule has 4 aromatic rings. The van der Waals surface area contributed by atoms with Gasteiger partial charge in [-0.1, -0.05) is 101 Å². The summed E-state index contributed by atoms with van der Waals surface area (Å²) in [5, 5.41) is 0. The first-order valence-corrected chi connectivity index (χ1v) is 13.4. The van der Waals surface area contributed by atoms with Gasteiger partial charge in [-0.25, -0.2) is 0 Å². The van der Waals surface area contributed by atoms with Crippen molar-refractivity contribution < 1.29 is 0 Å². The molecule has 0 N–H and O–H groups in total. The van der Waals surface area contributed by atoms with Gasteiger partial charge in [0.25, 0.3) is 0 Å². The summed E-state index contributed by atoms with van der Waals surface area (Å²) in [5.41, 5.74) is 14.5. The molecule has 0 unspecified atom stereocenters. The molecule has 0 saturated carbocycles. The zero-order valence-corrected chi connectivity index (χ0v) is 22.8. The van der Waals surface area contributed by atoms with Gasteiger partial charge in [0.2, 0.25) is 0 Å². The maximum atomic E-state index is 2.42. The monoisotopic (exact) mass is 481 g/mol. The van der Waals surface area contributed by atoms with Crippen LogP contribution in [-0.4, -0.2) is 0 Å². The lowest BCUT2D eigenvalue weighted by molar-refractivity contribution is 0.660. The molecule has 0 fully saturated rings. The highest BCUT2D eigenvalue weighted by Crippen LogP contribution is 2.52. The zero-order valence-electron chi connectivity index (χ0n) is 22.8. The highest BCUT2D eigenvalue weighted by Gasteiger charge is 2.37. The normalized spacial score (nSPS) is 16.3. The lowest BCUT2D eigenvalue weighted by atomic mass is 9.82. The van der Waals surface area contributed by atoms with Crippen LogP contribution in [0.4, 0.5) is 11.4 Å². The molecular formula is C36H35N. The molecule has 1 heteroatoms. The Labute approximate surface area is 221 Å². The van der Waals surface area contributed by atoms with Crippen LogP contribution in [0.3, 0.4) is 0 Å². The quantitative estimate of drug-likeness (QED) is 0.262. The Morgan fingerprint density at radius 3 is 1.43 bits per heavy atom. The van der Waals surface area contributed by atoms with E-state index < -0.39 is 0 Å². The molecule has 0 aliphatic heterocycles. The Hall–Kier alpha value is -3.84. The van der Waals surface area contributed by atoms with Crippen molar-refractivity contribution in [2.45, 2.75) is 52.4 Å². The predicted molar refractivity (Wildman–Crippen MR) is 159 cm³/mol. The van der Waals surface area contributed by atoms with Crippen LogP contribution in [0.15, 0.2) is 109 Å². The Balaban J connectivity index is 1.53. The number of anilines is 2. The molecule has 0 spiro atoms. The summed E-state index contributed by atoms with van der Waals surface area (Å²) in [6.45, 7) is 13.6. The fraction of sp³-hybridized carbons (Fsp3) is 0.222. The minimum absolute atomic E-state index is 0.0358. The first kappa shape index (κ1) is 23.6. The number of hydrogen-bond donors (Lipinski definition) is 0. The van der Waals surface area contributed by atoms with Crippen LogP contribution in [-0.2, 0) is 10.8 Å². The van der Waals surface area contributed by atoms with Crippen LogP contribution in [0, 0.1) is 0 Å². The van der Waals surface area contributed by atoms with E-state index in [0.717, 1.165) is 0 Å². The minimum Gasteiger partial charge on any atom is -0.311 e. The number of fused-ring (bicyclic) bond motifs is 6. The molecule has 0 bridgehead atoms. The van der Waals surface area contributed by atoms with E-state index in [1.54, 1.807) is 0 Å². The summed E-state index contributed by atoms with van der Waals surface area (Å²) in [5.74, 6) is 0. The Morgan fingerprint density at radius 1 is 0.568 bits per heavy atom. The van der Waals surface area contributed by atoms with Crippen LogP contribution in [0.2, 0.25) is 0 Å². The number of hydrogen-bond acceptors (Lipinski definition) is 1. The van der Waals surface area contributed by atoms with Gasteiger partial charge in [-0.3, -0.25) is 0 Å². The van der Waals surface area contributed by atoms with Crippen molar-refractivity contribution in [2.75, 3.05) is 4.90 Å². The first-order valence-electron chi connectivity index (χ1n) is 13.4. The molecule has 1 nitrogen and oxygen atoms in total. The van der Waals surface area contributed by atoms with Crippen molar-refractivity contribution in [1.82, 2.24) is 0 Å². The molecule has 0 heterocycles. The standard InChI is InChI=1S/C36H35N/c1-7-13-24(8-2)37(25-18-20-29-27-14-9-11-16-31(27)35(3,4)33(29)22-25)26-19-21-30-28-15-10-12-17-32(28)36(5,6)34(30)23-26/h7-23H,1-6H3. The maximum absolute atomic E-state index is 2.42. The molecule has 184 valence electrons. The highest BCUT2D eigenvalue weighted by atomic mass is 15.1. The van der Waals surface area contributed by atoms with Crippen molar-refractivity contribution in [2.24, 2.45) is 0 Å². The van der Waals surface area contributed by atoms with Gasteiger partial charge in [0.15, 0.2) is 0 Å². The maximum Gasteiger partial charge on any atom is 0.0464 e. The average Bonchev–Trinajstić information content (AvgIpc) is 3.28. The zero-order chi connectivity index (χ0) is 25.9. The van der Waals surface area contributed by atoms with E-state index in [1.807, 2.05) is 0 Å². The molecular weight excluding hydrogens is 446 g/mol. The van der Waals surface area contributed by atoms with Gasteiger partial charge < -0.3 is 4.90 Å². The molecule has 0 atom stereocenters. The molecule has 4 aromatic carbocycles. The minimum atomic E-state index is -0.0358. The van der Waals surface area contributed by atoms with Crippen molar-refractivity contribution in [1.29, 1.82) is 0 Å². The Bertz CT molecular complexity index is 1490. The van der Waals surface area contributed by atoms with Crippen LogP contribution < -0.4 is 4.90 Å². The van der Waals surface area contributed by atoms with Crippen molar-refractivity contribution in [3.8, 4) is 22.3 Å². The lowest BCUT2D eigenvalue weighted by Crippen LogP contribution is -2.19. The van der Waals surface area contributed by atoms with E-state index in [9.17, 15) is 0 Å². The second-order valence-corrected chi connectivity index (χ2v) is 11.3. The second-order valence-electron chi connectivity index (χ2n) is 11.3. The van der Waals surface area contributed by atoms with Gasteiger partial charge in [-0.05, 0) is 88.7 Å². The van der Waals surface area contributed by atoms with Crippen LogP contribution in [0.25, 0.3) is 22.3 Å². The van der Waals surface area contributed by atoms with E-state index in [4.69, 9.17) is 0 Å². The number of nitrogens with zero attached hydrogens (tertiary/aromatic N) is 1. The summed E-state index contributed by atoms with van der Waals surface area (Å²) in [7, 11) is 0. The molecule has 0 saturated heterocycles. The van der Waals surface area contributed by atoms with E-state index in [-0.39, 0.29) is 10.8 Å². The third kappa shape index (κ3) is 3.37. The molecule has 2 aliphatic carbocycles. The fourth-order valence-corrected chi connectivity index (χ4v) is 6.58. The predicted octanol–water partition coefficient (Wildman–Crippen LogP) is 9.92. The molecule has 37 heavy (non-hydrogen) atoms. The fourth-order valence-electron chi connectivity index (χ4n) is 6.58. The summed E-state index contributed by atoms with van der Waals surface area (Å²) in [6, 6.07) is 31.8. The molecule has 0 radical (unpaired) electrons. The van der Waals surface area contributed by atoms with Gasteiger partial charge >= 0.3 is 0 Å². The van der Waals surface area contributed by atoms with E-state index in [0.29, 0.717) is 0 Å². The van der Waals surface area contributed by atoms with Gasteiger partial charge in [-0.15, -0.1) is 0 Å². The summed E-state index contributed by atoms with van der Waals surface area (Å²) in [4.78, 5) is 2.42. The second kappa shape index (κ2) is 8.35. The number of benzene rings is 4. The highest BCUT2D eigenvalue weighted by molar-refractivity contribution is 5.86. The lowest BCUT2D eigenvalue weighted by Gasteiger charge is -2.30. The Kier molecular flexibility index (Phi) is 5.31. The first-order chi connectivity index (χ1) is 17.8. The summed E-state index contributed by atoms with van der Waals surface area (Å²) in [6.07, 6.45) is 6.54. The molecule has 6 rings (SSSR count). The Morgan fingerprint density at radius 2 is 1.00 bits per heavy atom. The third-order valence-electron chi connectivity index (χ3n) is 8.54. The summed E-state index contributed by atoms with van der Waals surface area (Å²) >= 11 is 0. The average molecular weight is 482 g/mol. The van der Waals surface area contributed by atoms with Gasteiger partial charge in [0.1, 0.15) is 0 Å². The van der Waals surface area contributed by atoms with Crippen LogP contribution >= 0.6 is 0 Å². The van der Waals surface area contributed by atoms with E-state index >= 15 is 0 Å². The molecule has 0 aromatic heterocycles. The largest absolute Gasteiger partial charge is 0.311 e. The topological polar surface area (TPSA) is 3.24 Å². The molecule has 0 amide bonds. The smallest absolute Gasteiger partial charge is 0.0464 e. The van der Waals surface area contributed by atoms with Gasteiger partial charge in [-0.2, -0.15) is 0 Å². The van der Waals surface area contributed by atoms with Crippen molar-refractivity contribution in [3.05, 3.63) is 131 Å². The van der Waals surface area contributed by atoms with Crippen molar-refractivity contribution >= 4 is 11.4 Å². The van der Waals surface area contributed by atoms with E-state index in [2.05, 4.69) is 150 Å². The third-order valence-corrected chi connectivity index (χ3v) is 8.54. The number of allylic oxidation sites excluding steroid dienone is 3. The van der Waals surface area contributed by atoms with E-state index in [1.165, 1.54) is 61.6 Å². The summed E-state index contributed by atoms with van der Waals surface area (Å²) < 4.78 is 0.